The molecule has 0 bridgehead atoms. The Morgan fingerprint density at radius 1 is 1.50 bits per heavy atom. The monoisotopic (exact) mass is 206 g/mol. The highest BCUT2D eigenvalue weighted by Gasteiger charge is 2.33. The first-order chi connectivity index (χ1) is 5.52. The number of halogens is 2. The molecule has 1 N–H and O–H groups in total. The van der Waals surface area contributed by atoms with Gasteiger partial charge in [-0.25, -0.2) is 0 Å². The number of carboxylic acids is 1. The number of carboxylic acid groups (broad SMARTS) is 1. The lowest BCUT2D eigenvalue weighted by Gasteiger charge is -2.24. The maximum Gasteiger partial charge on any atom is 0.304 e. The maximum atomic E-state index is 10.4. The van der Waals surface area contributed by atoms with E-state index in [2.05, 4.69) is 0 Å². The molecule has 2 nitrogen and oxygen atoms in total. The number of hydrogen-bond acceptors (Lipinski definition) is 1. The van der Waals surface area contributed by atoms with E-state index in [-0.39, 0.29) is 12.3 Å². The summed E-state index contributed by atoms with van der Waals surface area (Å²) >= 11 is 11.7. The van der Waals surface area contributed by atoms with Crippen LogP contribution in [0.2, 0.25) is 0 Å². The predicted octanol–water partition coefficient (Wildman–Crippen LogP) is 2.38. The van der Waals surface area contributed by atoms with E-state index in [0.29, 0.717) is 0 Å². The van der Waals surface area contributed by atoms with Crippen molar-refractivity contribution in [3.05, 3.63) is 24.3 Å². The van der Waals surface area contributed by atoms with Gasteiger partial charge in [0.2, 0.25) is 0 Å². The Bertz CT molecular complexity index is 243. The number of hydrogen-bond donors (Lipinski definition) is 1. The van der Waals surface area contributed by atoms with Gasteiger partial charge in [0.05, 0.1) is 6.42 Å². The molecule has 0 aromatic heterocycles. The minimum absolute atomic E-state index is 0.0478. The average Bonchev–Trinajstić information content (AvgIpc) is 1.92. The molecular formula is C8H8Cl2O2. The van der Waals surface area contributed by atoms with Crippen LogP contribution in [0.3, 0.4) is 0 Å². The Morgan fingerprint density at radius 2 is 2.17 bits per heavy atom. The molecular weight excluding hydrogens is 199 g/mol. The lowest BCUT2D eigenvalue weighted by atomic mass is 9.96. The van der Waals surface area contributed by atoms with E-state index in [9.17, 15) is 4.79 Å². The van der Waals surface area contributed by atoms with Gasteiger partial charge in [-0.15, -0.1) is 0 Å². The zero-order valence-electron chi connectivity index (χ0n) is 6.21. The van der Waals surface area contributed by atoms with Crippen LogP contribution < -0.4 is 0 Å². The molecule has 0 aromatic rings. The highest BCUT2D eigenvalue weighted by atomic mass is 35.5. The molecule has 1 aliphatic rings. The fourth-order valence-corrected chi connectivity index (χ4v) is 1.47. The summed E-state index contributed by atoms with van der Waals surface area (Å²) in [4.78, 5) is 10.4. The fraction of sp³-hybridized carbons (Fsp3) is 0.375. The molecule has 4 heteroatoms. The molecule has 1 unspecified atom stereocenters. The predicted molar refractivity (Wildman–Crippen MR) is 48.5 cm³/mol. The fourth-order valence-electron chi connectivity index (χ4n) is 1.03. The highest BCUT2D eigenvalue weighted by molar-refractivity contribution is 6.50. The van der Waals surface area contributed by atoms with Crippen molar-refractivity contribution in [3.63, 3.8) is 0 Å². The second-order valence-electron chi connectivity index (χ2n) is 2.62. The minimum atomic E-state index is -1.08. The van der Waals surface area contributed by atoms with Crippen LogP contribution in [0.1, 0.15) is 6.42 Å². The lowest BCUT2D eigenvalue weighted by molar-refractivity contribution is -0.137. The maximum absolute atomic E-state index is 10.4. The Hall–Kier alpha value is -0.470. The van der Waals surface area contributed by atoms with Gasteiger partial charge >= 0.3 is 5.97 Å². The zero-order chi connectivity index (χ0) is 9.19. The average molecular weight is 207 g/mol. The van der Waals surface area contributed by atoms with Gasteiger partial charge in [-0.05, 0) is 6.08 Å². The standard InChI is InChI=1S/C8H8Cl2O2/c9-8(10)4-2-1-3-6(8)5-7(11)12/h1-4,6H,5H2,(H,11,12). The molecule has 66 valence electrons. The molecule has 1 atom stereocenters. The van der Waals surface area contributed by atoms with Gasteiger partial charge in [0.15, 0.2) is 0 Å². The van der Waals surface area contributed by atoms with Gasteiger partial charge in [-0.3, -0.25) is 4.79 Å². The molecule has 0 amide bonds. The van der Waals surface area contributed by atoms with Crippen molar-refractivity contribution in [3.8, 4) is 0 Å². The van der Waals surface area contributed by atoms with Crippen LogP contribution in [-0.2, 0) is 4.79 Å². The zero-order valence-corrected chi connectivity index (χ0v) is 7.72. The molecule has 0 spiro atoms. The molecule has 12 heavy (non-hydrogen) atoms. The third-order valence-corrected chi connectivity index (χ3v) is 2.47. The molecule has 0 aromatic carbocycles. The van der Waals surface area contributed by atoms with Crippen LogP contribution in [0.4, 0.5) is 0 Å². The summed E-state index contributed by atoms with van der Waals surface area (Å²) in [5, 5.41) is 8.52. The van der Waals surface area contributed by atoms with Crippen molar-refractivity contribution in [1.29, 1.82) is 0 Å². The number of rotatable bonds is 2. The summed E-state index contributed by atoms with van der Waals surface area (Å²) in [6, 6.07) is 0. The second kappa shape index (κ2) is 3.50. The molecule has 1 aliphatic carbocycles. The second-order valence-corrected chi connectivity index (χ2v) is 4.07. The van der Waals surface area contributed by atoms with Crippen molar-refractivity contribution < 1.29 is 9.90 Å². The van der Waals surface area contributed by atoms with Crippen molar-refractivity contribution in [2.45, 2.75) is 10.8 Å². The van der Waals surface area contributed by atoms with Gasteiger partial charge in [-0.2, -0.15) is 0 Å². The Balaban J connectivity index is 2.70. The summed E-state index contributed by atoms with van der Waals surface area (Å²) in [5.74, 6) is -1.24. The number of aliphatic carboxylic acids is 1. The van der Waals surface area contributed by atoms with Crippen LogP contribution in [0.5, 0.6) is 0 Å². The van der Waals surface area contributed by atoms with E-state index in [0.717, 1.165) is 0 Å². The van der Waals surface area contributed by atoms with E-state index in [1.54, 1.807) is 24.3 Å². The first-order valence-corrected chi connectivity index (χ1v) is 4.23. The van der Waals surface area contributed by atoms with E-state index >= 15 is 0 Å². The van der Waals surface area contributed by atoms with Gasteiger partial charge in [0, 0.05) is 5.92 Å². The van der Waals surface area contributed by atoms with E-state index in [4.69, 9.17) is 28.3 Å². The number of carbonyl (C=O) groups is 1. The first kappa shape index (κ1) is 9.62. The van der Waals surface area contributed by atoms with Crippen molar-refractivity contribution in [1.82, 2.24) is 0 Å². The molecule has 0 aliphatic heterocycles. The van der Waals surface area contributed by atoms with Crippen LogP contribution in [0, 0.1) is 5.92 Å². The van der Waals surface area contributed by atoms with E-state index in [1.165, 1.54) is 0 Å². The topological polar surface area (TPSA) is 37.3 Å². The normalized spacial score (nSPS) is 25.7. The van der Waals surface area contributed by atoms with Crippen molar-refractivity contribution in [2.75, 3.05) is 0 Å². The third-order valence-electron chi connectivity index (χ3n) is 1.66. The summed E-state index contributed by atoms with van der Waals surface area (Å²) in [6.45, 7) is 0. The summed E-state index contributed by atoms with van der Waals surface area (Å²) in [7, 11) is 0. The smallest absolute Gasteiger partial charge is 0.304 e. The summed E-state index contributed by atoms with van der Waals surface area (Å²) < 4.78 is -1.08. The summed E-state index contributed by atoms with van der Waals surface area (Å²) in [5.41, 5.74) is 0. The van der Waals surface area contributed by atoms with Gasteiger partial charge in [0.1, 0.15) is 4.33 Å². The van der Waals surface area contributed by atoms with Crippen molar-refractivity contribution in [2.24, 2.45) is 5.92 Å². The molecule has 0 radical (unpaired) electrons. The first-order valence-electron chi connectivity index (χ1n) is 3.48. The summed E-state index contributed by atoms with van der Waals surface area (Å²) in [6.07, 6.45) is 6.70. The van der Waals surface area contributed by atoms with Gasteiger partial charge < -0.3 is 5.11 Å². The Morgan fingerprint density at radius 3 is 2.67 bits per heavy atom. The van der Waals surface area contributed by atoms with Gasteiger partial charge in [-0.1, -0.05) is 41.4 Å². The van der Waals surface area contributed by atoms with Crippen molar-refractivity contribution >= 4 is 29.2 Å². The number of allylic oxidation sites excluding steroid dienone is 4. The van der Waals surface area contributed by atoms with Crippen LogP contribution >= 0.6 is 23.2 Å². The number of alkyl halides is 2. The molecule has 0 saturated heterocycles. The molecule has 0 heterocycles. The van der Waals surface area contributed by atoms with Crippen LogP contribution in [0.15, 0.2) is 24.3 Å². The van der Waals surface area contributed by atoms with Crippen LogP contribution in [0.25, 0.3) is 0 Å². The third kappa shape index (κ3) is 2.26. The Kier molecular flexibility index (Phi) is 2.80. The molecule has 1 rings (SSSR count). The largest absolute Gasteiger partial charge is 0.481 e. The van der Waals surface area contributed by atoms with E-state index in [1.807, 2.05) is 0 Å². The van der Waals surface area contributed by atoms with Crippen LogP contribution in [-0.4, -0.2) is 15.4 Å². The van der Waals surface area contributed by atoms with E-state index < -0.39 is 10.3 Å². The molecule has 0 saturated carbocycles. The SMILES string of the molecule is O=C(O)CC1C=CC=CC1(Cl)Cl. The highest BCUT2D eigenvalue weighted by Crippen LogP contribution is 2.37. The quantitative estimate of drug-likeness (QED) is 0.705. The van der Waals surface area contributed by atoms with Gasteiger partial charge in [0.25, 0.3) is 0 Å². The minimum Gasteiger partial charge on any atom is -0.481 e. The molecule has 0 fully saturated rings. The lowest BCUT2D eigenvalue weighted by Crippen LogP contribution is -2.25. The Labute approximate surface area is 80.5 Å².